The molecule has 0 aliphatic carbocycles. The van der Waals surface area contributed by atoms with Crippen molar-refractivity contribution in [2.45, 2.75) is 25.9 Å². The lowest BCUT2D eigenvalue weighted by Crippen LogP contribution is -2.11. The number of aromatic nitrogens is 1. The van der Waals surface area contributed by atoms with Crippen LogP contribution in [0, 0.1) is 0 Å². The van der Waals surface area contributed by atoms with Gasteiger partial charge in [0.25, 0.3) is 0 Å². The molecule has 0 bridgehead atoms. The Labute approximate surface area is 100 Å². The molecule has 4 N–H and O–H groups in total. The predicted octanol–water partition coefficient (Wildman–Crippen LogP) is 1.37. The van der Waals surface area contributed by atoms with Crippen molar-refractivity contribution in [3.05, 3.63) is 36.0 Å². The first kappa shape index (κ1) is 11.7. The van der Waals surface area contributed by atoms with Crippen LogP contribution in [-0.2, 0) is 17.9 Å². The highest BCUT2D eigenvalue weighted by molar-refractivity contribution is 5.83. The van der Waals surface area contributed by atoms with Crippen molar-refractivity contribution in [2.24, 2.45) is 11.5 Å². The molecule has 1 aromatic heterocycles. The number of rotatable bonds is 5. The van der Waals surface area contributed by atoms with Gasteiger partial charge in [0.1, 0.15) is 0 Å². The number of benzene rings is 1. The van der Waals surface area contributed by atoms with Gasteiger partial charge in [0.15, 0.2) is 0 Å². The SMILES string of the molecule is NCc1cn(CCCC(N)=O)c2ccccc12. The summed E-state index contributed by atoms with van der Waals surface area (Å²) in [4.78, 5) is 10.7. The molecule has 90 valence electrons. The predicted molar refractivity (Wildman–Crippen MR) is 68.3 cm³/mol. The van der Waals surface area contributed by atoms with Crippen LogP contribution < -0.4 is 11.5 Å². The molecule has 1 amide bonds. The van der Waals surface area contributed by atoms with Crippen LogP contribution in [0.25, 0.3) is 10.9 Å². The summed E-state index contributed by atoms with van der Waals surface area (Å²) in [5.74, 6) is -0.250. The Kier molecular flexibility index (Phi) is 3.44. The highest BCUT2D eigenvalue weighted by atomic mass is 16.1. The van der Waals surface area contributed by atoms with E-state index < -0.39 is 0 Å². The third-order valence-corrected chi connectivity index (χ3v) is 2.91. The second-order valence-corrected chi connectivity index (χ2v) is 4.14. The molecule has 1 heterocycles. The average molecular weight is 231 g/mol. The zero-order chi connectivity index (χ0) is 12.3. The van der Waals surface area contributed by atoms with E-state index in [0.717, 1.165) is 24.0 Å². The molecular weight excluding hydrogens is 214 g/mol. The number of nitrogens with zero attached hydrogens (tertiary/aromatic N) is 1. The van der Waals surface area contributed by atoms with Crippen LogP contribution in [0.1, 0.15) is 18.4 Å². The Morgan fingerprint density at radius 1 is 1.29 bits per heavy atom. The molecule has 0 saturated heterocycles. The lowest BCUT2D eigenvalue weighted by Gasteiger charge is -2.03. The van der Waals surface area contributed by atoms with Crippen molar-refractivity contribution in [1.29, 1.82) is 0 Å². The zero-order valence-electron chi connectivity index (χ0n) is 9.73. The average Bonchev–Trinajstić information content (AvgIpc) is 2.68. The molecule has 0 aliphatic rings. The summed E-state index contributed by atoms with van der Waals surface area (Å²) in [6, 6.07) is 8.16. The topological polar surface area (TPSA) is 74.0 Å². The van der Waals surface area contributed by atoms with Crippen molar-refractivity contribution >= 4 is 16.8 Å². The van der Waals surface area contributed by atoms with Crippen LogP contribution in [0.4, 0.5) is 0 Å². The largest absolute Gasteiger partial charge is 0.370 e. The molecule has 2 aromatic rings. The van der Waals surface area contributed by atoms with E-state index in [1.807, 2.05) is 12.1 Å². The first-order valence-corrected chi connectivity index (χ1v) is 5.77. The Morgan fingerprint density at radius 3 is 2.76 bits per heavy atom. The van der Waals surface area contributed by atoms with Gasteiger partial charge >= 0.3 is 0 Å². The first-order chi connectivity index (χ1) is 8.22. The molecule has 0 radical (unpaired) electrons. The minimum atomic E-state index is -0.250. The summed E-state index contributed by atoms with van der Waals surface area (Å²) < 4.78 is 2.14. The number of hydrogen-bond acceptors (Lipinski definition) is 2. The van der Waals surface area contributed by atoms with E-state index in [1.54, 1.807) is 0 Å². The number of primary amides is 1. The van der Waals surface area contributed by atoms with Gasteiger partial charge in [0.2, 0.25) is 5.91 Å². The summed E-state index contributed by atoms with van der Waals surface area (Å²) in [5, 5.41) is 1.19. The Morgan fingerprint density at radius 2 is 2.06 bits per heavy atom. The summed E-state index contributed by atoms with van der Waals surface area (Å²) >= 11 is 0. The van der Waals surface area contributed by atoms with Crippen molar-refractivity contribution < 1.29 is 4.79 Å². The van der Waals surface area contributed by atoms with Crippen LogP contribution >= 0.6 is 0 Å². The standard InChI is InChI=1S/C13H17N3O/c14-8-10-9-16(7-3-6-13(15)17)12-5-2-1-4-11(10)12/h1-2,4-5,9H,3,6-8,14H2,(H2,15,17). The third-order valence-electron chi connectivity index (χ3n) is 2.91. The second kappa shape index (κ2) is 5.01. The number of fused-ring (bicyclic) bond motifs is 1. The van der Waals surface area contributed by atoms with Gasteiger partial charge in [-0.25, -0.2) is 0 Å². The van der Waals surface area contributed by atoms with Crippen LogP contribution in [0.3, 0.4) is 0 Å². The van der Waals surface area contributed by atoms with Crippen LogP contribution in [0.2, 0.25) is 0 Å². The van der Waals surface area contributed by atoms with Crippen LogP contribution in [0.5, 0.6) is 0 Å². The van der Waals surface area contributed by atoms with Crippen molar-refractivity contribution in [3.63, 3.8) is 0 Å². The molecule has 4 heteroatoms. The van der Waals surface area contributed by atoms with Gasteiger partial charge in [0.05, 0.1) is 0 Å². The van der Waals surface area contributed by atoms with E-state index in [2.05, 4.69) is 22.9 Å². The van der Waals surface area contributed by atoms with E-state index >= 15 is 0 Å². The molecule has 0 saturated carbocycles. The minimum Gasteiger partial charge on any atom is -0.370 e. The number of hydrogen-bond donors (Lipinski definition) is 2. The number of para-hydroxylation sites is 1. The Hall–Kier alpha value is -1.81. The second-order valence-electron chi connectivity index (χ2n) is 4.14. The number of carbonyl (C=O) groups is 1. The van der Waals surface area contributed by atoms with Crippen molar-refractivity contribution in [3.8, 4) is 0 Å². The molecule has 0 spiro atoms. The molecule has 1 aromatic carbocycles. The highest BCUT2D eigenvalue weighted by Crippen LogP contribution is 2.21. The maximum Gasteiger partial charge on any atom is 0.217 e. The smallest absolute Gasteiger partial charge is 0.217 e. The van der Waals surface area contributed by atoms with Gasteiger partial charge in [-0.15, -0.1) is 0 Å². The van der Waals surface area contributed by atoms with Gasteiger partial charge in [-0.2, -0.15) is 0 Å². The molecule has 4 nitrogen and oxygen atoms in total. The fourth-order valence-electron chi connectivity index (χ4n) is 2.09. The van der Waals surface area contributed by atoms with Gasteiger partial charge in [0, 0.05) is 36.6 Å². The number of amides is 1. The summed E-state index contributed by atoms with van der Waals surface area (Å²) in [5.41, 5.74) is 13.2. The maximum absolute atomic E-state index is 10.7. The molecule has 17 heavy (non-hydrogen) atoms. The molecule has 0 fully saturated rings. The molecule has 0 atom stereocenters. The molecule has 0 aliphatic heterocycles. The monoisotopic (exact) mass is 231 g/mol. The van der Waals surface area contributed by atoms with E-state index in [0.29, 0.717) is 13.0 Å². The van der Waals surface area contributed by atoms with Gasteiger partial charge in [-0.1, -0.05) is 18.2 Å². The quantitative estimate of drug-likeness (QED) is 0.815. The molecule has 0 unspecified atom stereocenters. The summed E-state index contributed by atoms with van der Waals surface area (Å²) in [6.45, 7) is 1.33. The third kappa shape index (κ3) is 2.47. The van der Waals surface area contributed by atoms with Crippen LogP contribution in [0.15, 0.2) is 30.5 Å². The minimum absolute atomic E-state index is 0.250. The normalized spacial score (nSPS) is 10.9. The lowest BCUT2D eigenvalue weighted by molar-refractivity contribution is -0.118. The van der Waals surface area contributed by atoms with E-state index in [1.165, 1.54) is 5.39 Å². The number of carbonyl (C=O) groups excluding carboxylic acids is 1. The van der Waals surface area contributed by atoms with Crippen LogP contribution in [-0.4, -0.2) is 10.5 Å². The molecular formula is C13H17N3O. The van der Waals surface area contributed by atoms with Gasteiger partial charge < -0.3 is 16.0 Å². The van der Waals surface area contributed by atoms with Crippen molar-refractivity contribution in [1.82, 2.24) is 4.57 Å². The van der Waals surface area contributed by atoms with Crippen molar-refractivity contribution in [2.75, 3.05) is 0 Å². The fraction of sp³-hybridized carbons (Fsp3) is 0.308. The highest BCUT2D eigenvalue weighted by Gasteiger charge is 2.06. The van der Waals surface area contributed by atoms with E-state index in [-0.39, 0.29) is 5.91 Å². The van der Waals surface area contributed by atoms with Gasteiger partial charge in [-0.3, -0.25) is 4.79 Å². The summed E-state index contributed by atoms with van der Waals surface area (Å²) in [6.07, 6.45) is 3.24. The van der Waals surface area contributed by atoms with E-state index in [4.69, 9.17) is 11.5 Å². The Bertz CT molecular complexity index is 530. The fourth-order valence-corrected chi connectivity index (χ4v) is 2.09. The van der Waals surface area contributed by atoms with Gasteiger partial charge in [-0.05, 0) is 18.1 Å². The Balaban J connectivity index is 2.24. The lowest BCUT2D eigenvalue weighted by atomic mass is 10.2. The molecule has 2 rings (SSSR count). The summed E-state index contributed by atoms with van der Waals surface area (Å²) in [7, 11) is 0. The zero-order valence-corrected chi connectivity index (χ0v) is 9.73. The van der Waals surface area contributed by atoms with E-state index in [9.17, 15) is 4.79 Å². The number of nitrogens with two attached hydrogens (primary N) is 2. The number of aryl methyl sites for hydroxylation is 1. The first-order valence-electron chi connectivity index (χ1n) is 5.77. The maximum atomic E-state index is 10.7.